The van der Waals surface area contributed by atoms with Crippen LogP contribution in [0.25, 0.3) is 0 Å². The van der Waals surface area contributed by atoms with Crippen molar-refractivity contribution in [2.45, 2.75) is 23.6 Å². The third-order valence-corrected chi connectivity index (χ3v) is 3.66. The highest BCUT2D eigenvalue weighted by Gasteiger charge is 2.08. The number of hydrogen-bond acceptors (Lipinski definition) is 4. The molecule has 2 aromatic rings. The number of aryl methyl sites for hydroxylation is 1. The number of nitrogens with one attached hydrogen (secondary N) is 1. The fourth-order valence-corrected chi connectivity index (χ4v) is 2.73. The van der Waals surface area contributed by atoms with Crippen molar-refractivity contribution in [1.29, 1.82) is 0 Å². The molecule has 0 amide bonds. The van der Waals surface area contributed by atoms with Crippen LogP contribution in [-0.2, 0) is 6.54 Å². The minimum Gasteiger partial charge on any atom is -0.439 e. The lowest BCUT2D eigenvalue weighted by atomic mass is 10.2. The van der Waals surface area contributed by atoms with Gasteiger partial charge in [-0.05, 0) is 49.5 Å². The maximum absolute atomic E-state index is 5.35. The molecule has 0 saturated carbocycles. The van der Waals surface area contributed by atoms with Crippen LogP contribution in [0.5, 0.6) is 0 Å². The summed E-state index contributed by atoms with van der Waals surface area (Å²) in [5.74, 6) is 0. The topological polar surface area (TPSA) is 38.1 Å². The van der Waals surface area contributed by atoms with Crippen molar-refractivity contribution < 1.29 is 4.42 Å². The molecule has 0 bridgehead atoms. The van der Waals surface area contributed by atoms with Gasteiger partial charge in [0.25, 0.3) is 5.22 Å². The van der Waals surface area contributed by atoms with Crippen LogP contribution in [0.3, 0.4) is 0 Å². The van der Waals surface area contributed by atoms with Crippen molar-refractivity contribution in [3.63, 3.8) is 0 Å². The van der Waals surface area contributed by atoms with Gasteiger partial charge >= 0.3 is 0 Å². The molecule has 0 spiro atoms. The Morgan fingerprint density at radius 3 is 2.94 bits per heavy atom. The largest absolute Gasteiger partial charge is 0.439 e. The first-order chi connectivity index (χ1) is 8.19. The molecule has 1 N–H and O–H groups in total. The Labute approximate surface area is 113 Å². The second-order valence-electron chi connectivity index (χ2n) is 3.64. The van der Waals surface area contributed by atoms with Crippen LogP contribution < -0.4 is 5.32 Å². The van der Waals surface area contributed by atoms with Gasteiger partial charge < -0.3 is 9.73 Å². The predicted octanol–water partition coefficient (Wildman–Crippen LogP) is 3.62. The van der Waals surface area contributed by atoms with Crippen LogP contribution >= 0.6 is 27.7 Å². The molecule has 1 aromatic carbocycles. The first-order valence-electron chi connectivity index (χ1n) is 5.22. The summed E-state index contributed by atoms with van der Waals surface area (Å²) < 4.78 is 6.43. The lowest BCUT2D eigenvalue weighted by molar-refractivity contribution is 0.454. The van der Waals surface area contributed by atoms with E-state index in [9.17, 15) is 0 Å². The van der Waals surface area contributed by atoms with E-state index in [0.29, 0.717) is 5.22 Å². The second kappa shape index (κ2) is 5.71. The van der Waals surface area contributed by atoms with Crippen molar-refractivity contribution in [2.24, 2.45) is 0 Å². The summed E-state index contributed by atoms with van der Waals surface area (Å²) in [6, 6.07) is 6.20. The average molecular weight is 313 g/mol. The number of nitrogens with zero attached hydrogens (tertiary/aromatic N) is 1. The maximum atomic E-state index is 5.35. The zero-order chi connectivity index (χ0) is 12.3. The van der Waals surface area contributed by atoms with Crippen LogP contribution in [0.4, 0.5) is 0 Å². The molecule has 1 heterocycles. The van der Waals surface area contributed by atoms with Gasteiger partial charge in [0.2, 0.25) is 0 Å². The van der Waals surface area contributed by atoms with Crippen LogP contribution in [0.2, 0.25) is 0 Å². The highest BCUT2D eigenvalue weighted by Crippen LogP contribution is 2.31. The number of hydrogen-bond donors (Lipinski definition) is 1. The van der Waals surface area contributed by atoms with Gasteiger partial charge in [0.1, 0.15) is 6.26 Å². The first-order valence-corrected chi connectivity index (χ1v) is 6.83. The molecule has 0 saturated heterocycles. The van der Waals surface area contributed by atoms with Crippen molar-refractivity contribution in [3.8, 4) is 0 Å². The molecule has 0 radical (unpaired) electrons. The van der Waals surface area contributed by atoms with Gasteiger partial charge in [-0.1, -0.05) is 15.9 Å². The third-order valence-electron chi connectivity index (χ3n) is 2.18. The van der Waals surface area contributed by atoms with Gasteiger partial charge in [-0.2, -0.15) is 0 Å². The molecule has 90 valence electrons. The Bertz CT molecular complexity index is 513. The molecule has 0 unspecified atom stereocenters. The SMILES string of the molecule is CNCc1cc(Br)ccc1Sc1nc(C)co1. The van der Waals surface area contributed by atoms with Crippen molar-refractivity contribution in [1.82, 2.24) is 10.3 Å². The smallest absolute Gasteiger partial charge is 0.260 e. The summed E-state index contributed by atoms with van der Waals surface area (Å²) in [4.78, 5) is 5.45. The molecule has 3 nitrogen and oxygen atoms in total. The molecule has 0 aliphatic rings. The van der Waals surface area contributed by atoms with E-state index >= 15 is 0 Å². The third kappa shape index (κ3) is 3.34. The van der Waals surface area contributed by atoms with E-state index < -0.39 is 0 Å². The summed E-state index contributed by atoms with van der Waals surface area (Å²) in [6.07, 6.45) is 1.67. The molecule has 0 fully saturated rings. The maximum Gasteiger partial charge on any atom is 0.260 e. The van der Waals surface area contributed by atoms with E-state index in [1.807, 2.05) is 20.0 Å². The molecule has 2 rings (SSSR count). The molecule has 0 aliphatic carbocycles. The average Bonchev–Trinajstić information content (AvgIpc) is 2.69. The highest BCUT2D eigenvalue weighted by molar-refractivity contribution is 9.10. The van der Waals surface area contributed by atoms with Crippen molar-refractivity contribution in [3.05, 3.63) is 40.2 Å². The van der Waals surface area contributed by atoms with E-state index in [4.69, 9.17) is 4.42 Å². The zero-order valence-corrected chi connectivity index (χ0v) is 12.1. The Morgan fingerprint density at radius 1 is 1.47 bits per heavy atom. The summed E-state index contributed by atoms with van der Waals surface area (Å²) in [6.45, 7) is 2.74. The van der Waals surface area contributed by atoms with Gasteiger partial charge in [-0.3, -0.25) is 0 Å². The van der Waals surface area contributed by atoms with Gasteiger partial charge in [-0.25, -0.2) is 4.98 Å². The Morgan fingerprint density at radius 2 is 2.29 bits per heavy atom. The summed E-state index contributed by atoms with van der Waals surface area (Å²) in [5, 5.41) is 3.84. The fourth-order valence-electron chi connectivity index (χ4n) is 1.45. The number of benzene rings is 1. The molecule has 0 aliphatic heterocycles. The van der Waals surface area contributed by atoms with Gasteiger partial charge in [0.15, 0.2) is 0 Å². The number of oxazole rings is 1. The summed E-state index contributed by atoms with van der Waals surface area (Å²) >= 11 is 5.02. The minimum atomic E-state index is 0.683. The van der Waals surface area contributed by atoms with Crippen LogP contribution in [0.15, 0.2) is 43.5 Å². The molecule has 5 heteroatoms. The Balaban J connectivity index is 2.25. The molecular weight excluding hydrogens is 300 g/mol. The molecule has 0 atom stereocenters. The van der Waals surface area contributed by atoms with Crippen LogP contribution in [-0.4, -0.2) is 12.0 Å². The van der Waals surface area contributed by atoms with E-state index in [0.717, 1.165) is 21.6 Å². The molecular formula is C12H13BrN2OS. The summed E-state index contributed by atoms with van der Waals surface area (Å²) in [5.41, 5.74) is 2.13. The number of rotatable bonds is 4. The highest BCUT2D eigenvalue weighted by atomic mass is 79.9. The standard InChI is InChI=1S/C12H13BrN2OS/c1-8-7-16-12(15-8)17-11-4-3-10(13)5-9(11)6-14-2/h3-5,7,14H,6H2,1-2H3. The van der Waals surface area contributed by atoms with Gasteiger partial charge in [-0.15, -0.1) is 0 Å². The first kappa shape index (κ1) is 12.7. The lowest BCUT2D eigenvalue weighted by Gasteiger charge is -2.07. The second-order valence-corrected chi connectivity index (χ2v) is 5.55. The van der Waals surface area contributed by atoms with E-state index in [1.54, 1.807) is 18.0 Å². The van der Waals surface area contributed by atoms with Crippen LogP contribution in [0, 0.1) is 6.92 Å². The lowest BCUT2D eigenvalue weighted by Crippen LogP contribution is -2.06. The zero-order valence-electron chi connectivity index (χ0n) is 9.66. The van der Waals surface area contributed by atoms with Gasteiger partial charge in [0, 0.05) is 15.9 Å². The Hall–Kier alpha value is -0.780. The normalized spacial score (nSPS) is 10.8. The van der Waals surface area contributed by atoms with Gasteiger partial charge in [0.05, 0.1) is 5.69 Å². The summed E-state index contributed by atoms with van der Waals surface area (Å²) in [7, 11) is 1.94. The predicted molar refractivity (Wildman–Crippen MR) is 72.3 cm³/mol. The number of halogens is 1. The van der Waals surface area contributed by atoms with E-state index in [1.165, 1.54) is 5.56 Å². The number of aromatic nitrogens is 1. The fraction of sp³-hybridized carbons (Fsp3) is 0.250. The van der Waals surface area contributed by atoms with Crippen LogP contribution in [0.1, 0.15) is 11.3 Å². The molecule has 1 aromatic heterocycles. The van der Waals surface area contributed by atoms with E-state index in [-0.39, 0.29) is 0 Å². The monoisotopic (exact) mass is 312 g/mol. The minimum absolute atomic E-state index is 0.683. The quantitative estimate of drug-likeness (QED) is 0.935. The van der Waals surface area contributed by atoms with E-state index in [2.05, 4.69) is 38.4 Å². The van der Waals surface area contributed by atoms with Crippen molar-refractivity contribution in [2.75, 3.05) is 7.05 Å². The molecule has 17 heavy (non-hydrogen) atoms. The Kier molecular flexibility index (Phi) is 4.25. The van der Waals surface area contributed by atoms with Crippen molar-refractivity contribution >= 4 is 27.7 Å².